The van der Waals surface area contributed by atoms with E-state index >= 15 is 0 Å². The van der Waals surface area contributed by atoms with E-state index in [0.717, 1.165) is 6.21 Å². The van der Waals surface area contributed by atoms with E-state index in [1.165, 1.54) is 13.4 Å². The van der Waals surface area contributed by atoms with E-state index in [4.69, 9.17) is 9.15 Å². The highest BCUT2D eigenvalue weighted by Gasteiger charge is 2.15. The molecule has 1 aromatic heterocycles. The molecule has 136 valence electrons. The Kier molecular flexibility index (Phi) is 5.27. The number of benzene rings is 2. The number of nitrogens with one attached hydrogen (secondary N) is 2. The minimum Gasteiger partial charge on any atom is -0.495 e. The summed E-state index contributed by atoms with van der Waals surface area (Å²) in [5.74, 6) is -1.51. The van der Waals surface area contributed by atoms with Crippen molar-refractivity contribution in [2.75, 3.05) is 12.4 Å². The van der Waals surface area contributed by atoms with Crippen molar-refractivity contribution in [2.24, 2.45) is 5.10 Å². The second-order valence-corrected chi connectivity index (χ2v) is 5.37. The van der Waals surface area contributed by atoms with Crippen LogP contribution < -0.4 is 20.9 Å². The molecule has 0 radical (unpaired) electrons. The monoisotopic (exact) mass is 365 g/mol. The predicted octanol–water partition coefficient (Wildman–Crippen LogP) is 1.89. The molecule has 3 rings (SSSR count). The van der Waals surface area contributed by atoms with Gasteiger partial charge in [-0.2, -0.15) is 5.10 Å². The van der Waals surface area contributed by atoms with Crippen LogP contribution in [0.4, 0.5) is 5.69 Å². The van der Waals surface area contributed by atoms with E-state index in [9.17, 15) is 14.4 Å². The highest BCUT2D eigenvalue weighted by molar-refractivity contribution is 6.39. The topological polar surface area (TPSA) is 110 Å². The lowest BCUT2D eigenvalue weighted by Gasteiger charge is -2.08. The van der Waals surface area contributed by atoms with Crippen molar-refractivity contribution in [3.63, 3.8) is 0 Å². The third-order valence-corrected chi connectivity index (χ3v) is 3.64. The summed E-state index contributed by atoms with van der Waals surface area (Å²) in [6.07, 6.45) is 2.35. The van der Waals surface area contributed by atoms with Crippen molar-refractivity contribution in [3.05, 3.63) is 70.6 Å². The molecule has 0 aliphatic rings. The third kappa shape index (κ3) is 4.01. The molecule has 1 heterocycles. The zero-order chi connectivity index (χ0) is 19.2. The Bertz CT molecular complexity index is 1090. The van der Waals surface area contributed by atoms with Crippen molar-refractivity contribution in [2.45, 2.75) is 0 Å². The zero-order valence-corrected chi connectivity index (χ0v) is 14.3. The van der Waals surface area contributed by atoms with Gasteiger partial charge in [-0.3, -0.25) is 14.4 Å². The summed E-state index contributed by atoms with van der Waals surface area (Å²) >= 11 is 0. The van der Waals surface area contributed by atoms with Crippen LogP contribution in [0.5, 0.6) is 5.75 Å². The SMILES string of the molecule is COc1ccccc1NC(=O)C(=O)NN=Cc1coc2ccccc2c1=O. The van der Waals surface area contributed by atoms with E-state index in [1.807, 2.05) is 0 Å². The van der Waals surface area contributed by atoms with Crippen molar-refractivity contribution in [1.82, 2.24) is 5.43 Å². The molecule has 0 saturated heterocycles. The van der Waals surface area contributed by atoms with Crippen molar-refractivity contribution in [1.29, 1.82) is 0 Å². The van der Waals surface area contributed by atoms with Gasteiger partial charge in [0.15, 0.2) is 0 Å². The summed E-state index contributed by atoms with van der Waals surface area (Å²) in [5.41, 5.74) is 2.69. The van der Waals surface area contributed by atoms with Gasteiger partial charge in [-0.25, -0.2) is 5.43 Å². The standard InChI is InChI=1S/C19H15N3O5/c1-26-16-9-5-3-7-14(16)21-18(24)19(25)22-20-10-12-11-27-15-8-4-2-6-13(15)17(12)23/h2-11H,1H3,(H,21,24)(H,22,25). The predicted molar refractivity (Wildman–Crippen MR) is 99.8 cm³/mol. The van der Waals surface area contributed by atoms with Crippen LogP contribution in [0.15, 0.2) is 69.1 Å². The fraction of sp³-hybridized carbons (Fsp3) is 0.0526. The summed E-state index contributed by atoms with van der Waals surface area (Å²) in [6.45, 7) is 0. The fourth-order valence-electron chi connectivity index (χ4n) is 2.32. The Hall–Kier alpha value is -3.94. The molecule has 2 aromatic carbocycles. The molecule has 8 nitrogen and oxygen atoms in total. The second-order valence-electron chi connectivity index (χ2n) is 5.37. The molecule has 0 saturated carbocycles. The largest absolute Gasteiger partial charge is 0.495 e. The first-order chi connectivity index (χ1) is 13.1. The maximum atomic E-state index is 12.3. The number of rotatable bonds is 4. The number of amides is 2. The molecule has 0 bridgehead atoms. The zero-order valence-electron chi connectivity index (χ0n) is 14.3. The number of hydrogen-bond donors (Lipinski definition) is 2. The van der Waals surface area contributed by atoms with E-state index in [-0.39, 0.29) is 11.0 Å². The van der Waals surface area contributed by atoms with E-state index in [2.05, 4.69) is 15.8 Å². The van der Waals surface area contributed by atoms with Crippen LogP contribution >= 0.6 is 0 Å². The van der Waals surface area contributed by atoms with Crippen LogP contribution in [0.1, 0.15) is 5.56 Å². The van der Waals surface area contributed by atoms with E-state index < -0.39 is 11.8 Å². The average Bonchev–Trinajstić information content (AvgIpc) is 2.70. The quantitative estimate of drug-likeness (QED) is 0.417. The number of nitrogens with zero attached hydrogens (tertiary/aromatic N) is 1. The number of carbonyl (C=O) groups excluding carboxylic acids is 2. The number of carbonyl (C=O) groups is 2. The van der Waals surface area contributed by atoms with Crippen molar-refractivity contribution >= 4 is 34.7 Å². The molecule has 2 N–H and O–H groups in total. The van der Waals surface area contributed by atoms with E-state index in [0.29, 0.717) is 22.4 Å². The van der Waals surface area contributed by atoms with Crippen LogP contribution in [-0.4, -0.2) is 25.1 Å². The first-order valence-corrected chi connectivity index (χ1v) is 7.88. The molecule has 2 amide bonds. The van der Waals surface area contributed by atoms with Crippen LogP contribution in [0, 0.1) is 0 Å². The molecule has 27 heavy (non-hydrogen) atoms. The number of fused-ring (bicyclic) bond motifs is 1. The number of ether oxygens (including phenoxy) is 1. The normalized spacial score (nSPS) is 10.7. The molecule has 0 fully saturated rings. The molecule has 0 spiro atoms. The number of anilines is 1. The van der Waals surface area contributed by atoms with E-state index in [1.54, 1.807) is 48.5 Å². The van der Waals surface area contributed by atoms with Gasteiger partial charge in [0, 0.05) is 0 Å². The molecular weight excluding hydrogens is 350 g/mol. The van der Waals surface area contributed by atoms with Gasteiger partial charge >= 0.3 is 11.8 Å². The summed E-state index contributed by atoms with van der Waals surface area (Å²) < 4.78 is 10.4. The third-order valence-electron chi connectivity index (χ3n) is 3.64. The Balaban J connectivity index is 1.67. The Labute approximate surface area is 153 Å². The molecule has 8 heteroatoms. The average molecular weight is 365 g/mol. The van der Waals surface area contributed by atoms with Crippen LogP contribution in [0.2, 0.25) is 0 Å². The molecule has 0 aliphatic carbocycles. The van der Waals surface area contributed by atoms with Crippen molar-refractivity contribution < 1.29 is 18.7 Å². The minimum atomic E-state index is -0.998. The fourth-order valence-corrected chi connectivity index (χ4v) is 2.32. The van der Waals surface area contributed by atoms with Gasteiger partial charge in [0.1, 0.15) is 17.6 Å². The number of methoxy groups -OCH3 is 1. The van der Waals surface area contributed by atoms with Crippen LogP contribution in [-0.2, 0) is 9.59 Å². The highest BCUT2D eigenvalue weighted by atomic mass is 16.5. The lowest BCUT2D eigenvalue weighted by atomic mass is 10.2. The number of hydrazone groups is 1. The minimum absolute atomic E-state index is 0.138. The van der Waals surface area contributed by atoms with Gasteiger partial charge in [0.05, 0.1) is 30.0 Å². The van der Waals surface area contributed by atoms with Gasteiger partial charge in [-0.05, 0) is 24.3 Å². The summed E-state index contributed by atoms with van der Waals surface area (Å²) in [5, 5.41) is 6.44. The summed E-state index contributed by atoms with van der Waals surface area (Å²) in [7, 11) is 1.45. The maximum absolute atomic E-state index is 12.3. The second kappa shape index (κ2) is 7.96. The molecule has 0 atom stereocenters. The highest BCUT2D eigenvalue weighted by Crippen LogP contribution is 2.22. The molecule has 0 aliphatic heterocycles. The van der Waals surface area contributed by atoms with Gasteiger partial charge in [0.2, 0.25) is 5.43 Å². The Morgan fingerprint density at radius 1 is 1.07 bits per heavy atom. The summed E-state index contributed by atoms with van der Waals surface area (Å²) in [6, 6.07) is 13.4. The lowest BCUT2D eigenvalue weighted by molar-refractivity contribution is -0.136. The van der Waals surface area contributed by atoms with Gasteiger partial charge in [0.25, 0.3) is 0 Å². The van der Waals surface area contributed by atoms with Gasteiger partial charge in [-0.1, -0.05) is 24.3 Å². The molecule has 3 aromatic rings. The Morgan fingerprint density at radius 2 is 1.81 bits per heavy atom. The van der Waals surface area contributed by atoms with Crippen LogP contribution in [0.3, 0.4) is 0 Å². The van der Waals surface area contributed by atoms with Crippen LogP contribution in [0.25, 0.3) is 11.0 Å². The maximum Gasteiger partial charge on any atom is 0.329 e. The Morgan fingerprint density at radius 3 is 2.63 bits per heavy atom. The molecule has 0 unspecified atom stereocenters. The van der Waals surface area contributed by atoms with Gasteiger partial charge < -0.3 is 14.5 Å². The number of para-hydroxylation sites is 3. The first kappa shape index (κ1) is 17.9. The van der Waals surface area contributed by atoms with Crippen molar-refractivity contribution in [3.8, 4) is 5.75 Å². The smallest absolute Gasteiger partial charge is 0.329 e. The molecular formula is C19H15N3O5. The first-order valence-electron chi connectivity index (χ1n) is 7.88. The number of hydrogen-bond acceptors (Lipinski definition) is 6. The van der Waals surface area contributed by atoms with Gasteiger partial charge in [-0.15, -0.1) is 0 Å². The lowest BCUT2D eigenvalue weighted by Crippen LogP contribution is -2.32. The summed E-state index contributed by atoms with van der Waals surface area (Å²) in [4.78, 5) is 36.1.